The Morgan fingerprint density at radius 1 is 1.43 bits per heavy atom. The predicted octanol–water partition coefficient (Wildman–Crippen LogP) is 2.09. The molecule has 0 saturated carbocycles. The van der Waals surface area contributed by atoms with Crippen molar-refractivity contribution >= 4 is 5.91 Å². The fourth-order valence-electron chi connectivity index (χ4n) is 1.21. The highest BCUT2D eigenvalue weighted by Crippen LogP contribution is 2.07. The molecule has 1 amide bonds. The topological polar surface area (TPSA) is 52.9 Å². The van der Waals surface area contributed by atoms with Crippen LogP contribution in [0.3, 0.4) is 0 Å². The van der Waals surface area contributed by atoms with E-state index in [0.717, 1.165) is 12.8 Å². The number of carbonyl (C=O) groups excluding carboxylic acids is 1. The maximum atomic E-state index is 11.5. The van der Waals surface area contributed by atoms with Crippen LogP contribution < -0.4 is 5.32 Å². The van der Waals surface area contributed by atoms with E-state index in [9.17, 15) is 4.79 Å². The van der Waals surface area contributed by atoms with Crippen LogP contribution in [0.25, 0.3) is 0 Å². The molecule has 0 heterocycles. The largest absolute Gasteiger partial charge is 0.340 e. The number of rotatable bonds is 5. The molecule has 0 aliphatic heterocycles. The Hall–Kier alpha value is -1.04. The molecular formula is C11H20N2O. The quantitative estimate of drug-likeness (QED) is 0.732. The molecule has 0 aliphatic rings. The van der Waals surface area contributed by atoms with Gasteiger partial charge in [-0.2, -0.15) is 5.26 Å². The second-order valence-electron chi connectivity index (χ2n) is 4.05. The van der Waals surface area contributed by atoms with Gasteiger partial charge in [-0.1, -0.05) is 34.1 Å². The summed E-state index contributed by atoms with van der Waals surface area (Å²) < 4.78 is 0. The predicted molar refractivity (Wildman–Crippen MR) is 56.5 cm³/mol. The number of carbonyl (C=O) groups is 1. The molecule has 80 valence electrons. The number of nitriles is 1. The summed E-state index contributed by atoms with van der Waals surface area (Å²) in [5.74, 6) is 0.166. The SMILES string of the molecule is CCCC(C)C(=O)NC(C#N)C(C)C. The Morgan fingerprint density at radius 2 is 2.00 bits per heavy atom. The van der Waals surface area contributed by atoms with Gasteiger partial charge >= 0.3 is 0 Å². The lowest BCUT2D eigenvalue weighted by atomic mass is 10.0. The molecule has 0 aromatic heterocycles. The number of nitrogens with zero attached hydrogens (tertiary/aromatic N) is 1. The van der Waals surface area contributed by atoms with Crippen LogP contribution in [-0.4, -0.2) is 11.9 Å². The van der Waals surface area contributed by atoms with Crippen LogP contribution in [0.4, 0.5) is 0 Å². The summed E-state index contributed by atoms with van der Waals surface area (Å²) in [5.41, 5.74) is 0. The van der Waals surface area contributed by atoms with Crippen LogP contribution in [0, 0.1) is 23.2 Å². The molecule has 2 atom stereocenters. The standard InChI is InChI=1S/C11H20N2O/c1-5-6-9(4)11(14)13-10(7-12)8(2)3/h8-10H,5-6H2,1-4H3,(H,13,14). The maximum Gasteiger partial charge on any atom is 0.223 e. The minimum absolute atomic E-state index is 0.00731. The summed E-state index contributed by atoms with van der Waals surface area (Å²) in [7, 11) is 0. The lowest BCUT2D eigenvalue weighted by Crippen LogP contribution is -2.40. The highest BCUT2D eigenvalue weighted by molar-refractivity contribution is 5.78. The molecule has 2 unspecified atom stereocenters. The molecule has 0 aliphatic carbocycles. The van der Waals surface area contributed by atoms with Gasteiger partial charge in [-0.25, -0.2) is 0 Å². The number of amides is 1. The number of hydrogen-bond donors (Lipinski definition) is 1. The summed E-state index contributed by atoms with van der Waals surface area (Å²) in [6, 6.07) is 1.74. The second kappa shape index (κ2) is 6.42. The summed E-state index contributed by atoms with van der Waals surface area (Å²) in [6.45, 7) is 7.80. The van der Waals surface area contributed by atoms with Crippen LogP contribution in [0.15, 0.2) is 0 Å². The fourth-order valence-corrected chi connectivity index (χ4v) is 1.21. The Morgan fingerprint density at radius 3 is 2.36 bits per heavy atom. The molecular weight excluding hydrogens is 176 g/mol. The van der Waals surface area contributed by atoms with Gasteiger partial charge in [-0.05, 0) is 12.3 Å². The Balaban J connectivity index is 4.10. The van der Waals surface area contributed by atoms with Crippen molar-refractivity contribution in [3.63, 3.8) is 0 Å². The third kappa shape index (κ3) is 4.27. The minimum Gasteiger partial charge on any atom is -0.340 e. The second-order valence-corrected chi connectivity index (χ2v) is 4.05. The molecule has 1 N–H and O–H groups in total. The summed E-state index contributed by atoms with van der Waals surface area (Å²) >= 11 is 0. The Bertz CT molecular complexity index is 218. The van der Waals surface area contributed by atoms with E-state index in [1.165, 1.54) is 0 Å². The average Bonchev–Trinajstić information content (AvgIpc) is 2.13. The van der Waals surface area contributed by atoms with Gasteiger partial charge in [0.05, 0.1) is 6.07 Å². The molecule has 0 aromatic carbocycles. The van der Waals surface area contributed by atoms with Crippen molar-refractivity contribution in [3.8, 4) is 6.07 Å². The third-order valence-electron chi connectivity index (χ3n) is 2.27. The maximum absolute atomic E-state index is 11.5. The minimum atomic E-state index is -0.359. The van der Waals surface area contributed by atoms with Crippen molar-refractivity contribution in [3.05, 3.63) is 0 Å². The first kappa shape index (κ1) is 13.0. The highest BCUT2D eigenvalue weighted by Gasteiger charge is 2.18. The van der Waals surface area contributed by atoms with Gasteiger partial charge in [0.2, 0.25) is 5.91 Å². The Labute approximate surface area is 86.5 Å². The van der Waals surface area contributed by atoms with Gasteiger partial charge < -0.3 is 5.32 Å². The molecule has 0 fully saturated rings. The summed E-state index contributed by atoms with van der Waals surface area (Å²) in [5, 5.41) is 11.5. The van der Waals surface area contributed by atoms with Gasteiger partial charge in [-0.15, -0.1) is 0 Å². The lowest BCUT2D eigenvalue weighted by molar-refractivity contribution is -0.125. The van der Waals surface area contributed by atoms with E-state index in [-0.39, 0.29) is 23.8 Å². The zero-order valence-electron chi connectivity index (χ0n) is 9.50. The van der Waals surface area contributed by atoms with E-state index in [0.29, 0.717) is 0 Å². The molecule has 0 spiro atoms. The van der Waals surface area contributed by atoms with Crippen LogP contribution >= 0.6 is 0 Å². The number of hydrogen-bond acceptors (Lipinski definition) is 2. The summed E-state index contributed by atoms with van der Waals surface area (Å²) in [4.78, 5) is 11.5. The first-order chi connectivity index (χ1) is 6.52. The molecule has 3 nitrogen and oxygen atoms in total. The van der Waals surface area contributed by atoms with Crippen molar-refractivity contribution in [2.45, 2.75) is 46.6 Å². The Kier molecular flexibility index (Phi) is 5.94. The molecule has 3 heteroatoms. The zero-order chi connectivity index (χ0) is 11.1. The van der Waals surface area contributed by atoms with Crippen LogP contribution in [0.5, 0.6) is 0 Å². The van der Waals surface area contributed by atoms with E-state index in [4.69, 9.17) is 5.26 Å². The first-order valence-electron chi connectivity index (χ1n) is 5.22. The average molecular weight is 196 g/mol. The van der Waals surface area contributed by atoms with Crippen molar-refractivity contribution in [1.82, 2.24) is 5.32 Å². The molecule has 0 radical (unpaired) electrons. The zero-order valence-corrected chi connectivity index (χ0v) is 9.50. The molecule has 0 aromatic rings. The van der Waals surface area contributed by atoms with Crippen LogP contribution in [-0.2, 0) is 4.79 Å². The molecule has 0 rings (SSSR count). The van der Waals surface area contributed by atoms with Crippen molar-refractivity contribution in [2.75, 3.05) is 0 Å². The monoisotopic (exact) mass is 196 g/mol. The van der Waals surface area contributed by atoms with Gasteiger partial charge in [-0.3, -0.25) is 4.79 Å². The summed E-state index contributed by atoms with van der Waals surface area (Å²) in [6.07, 6.45) is 1.87. The smallest absolute Gasteiger partial charge is 0.223 e. The molecule has 0 saturated heterocycles. The fraction of sp³-hybridized carbons (Fsp3) is 0.818. The van der Waals surface area contributed by atoms with E-state index in [1.807, 2.05) is 27.7 Å². The first-order valence-corrected chi connectivity index (χ1v) is 5.22. The normalized spacial score (nSPS) is 14.6. The van der Waals surface area contributed by atoms with Crippen molar-refractivity contribution in [2.24, 2.45) is 11.8 Å². The van der Waals surface area contributed by atoms with Crippen molar-refractivity contribution in [1.29, 1.82) is 5.26 Å². The van der Waals surface area contributed by atoms with Gasteiger partial charge in [0, 0.05) is 5.92 Å². The van der Waals surface area contributed by atoms with Gasteiger partial charge in [0.1, 0.15) is 6.04 Å². The van der Waals surface area contributed by atoms with E-state index in [2.05, 4.69) is 11.4 Å². The third-order valence-corrected chi connectivity index (χ3v) is 2.27. The lowest BCUT2D eigenvalue weighted by Gasteiger charge is -2.17. The van der Waals surface area contributed by atoms with E-state index < -0.39 is 0 Å². The van der Waals surface area contributed by atoms with Crippen molar-refractivity contribution < 1.29 is 4.79 Å². The highest BCUT2D eigenvalue weighted by atomic mass is 16.1. The molecule has 14 heavy (non-hydrogen) atoms. The molecule has 0 bridgehead atoms. The van der Waals surface area contributed by atoms with E-state index >= 15 is 0 Å². The van der Waals surface area contributed by atoms with Gasteiger partial charge in [0.15, 0.2) is 0 Å². The van der Waals surface area contributed by atoms with Crippen LogP contribution in [0.1, 0.15) is 40.5 Å². The van der Waals surface area contributed by atoms with Crippen LogP contribution in [0.2, 0.25) is 0 Å². The van der Waals surface area contributed by atoms with E-state index in [1.54, 1.807) is 0 Å². The van der Waals surface area contributed by atoms with Gasteiger partial charge in [0.25, 0.3) is 0 Å². The number of nitrogens with one attached hydrogen (secondary N) is 1.